The van der Waals surface area contributed by atoms with E-state index < -0.39 is 5.41 Å². The van der Waals surface area contributed by atoms with E-state index in [0.29, 0.717) is 5.95 Å². The van der Waals surface area contributed by atoms with Gasteiger partial charge >= 0.3 is 0 Å². The van der Waals surface area contributed by atoms with Gasteiger partial charge in [0.1, 0.15) is 0 Å². The van der Waals surface area contributed by atoms with E-state index in [-0.39, 0.29) is 0 Å². The summed E-state index contributed by atoms with van der Waals surface area (Å²) in [6.45, 7) is 0. The lowest BCUT2D eigenvalue weighted by molar-refractivity contribution is 0.695. The Kier molecular flexibility index (Phi) is 7.34. The lowest BCUT2D eigenvalue weighted by Crippen LogP contribution is -2.39. The van der Waals surface area contributed by atoms with Crippen molar-refractivity contribution in [2.45, 2.75) is 15.2 Å². The highest BCUT2D eigenvalue weighted by molar-refractivity contribution is 7.99. The zero-order valence-corrected chi connectivity index (χ0v) is 32.1. The van der Waals surface area contributed by atoms with Gasteiger partial charge < -0.3 is 4.90 Å². The number of benzene rings is 8. The highest BCUT2D eigenvalue weighted by Gasteiger charge is 2.50. The molecule has 1 spiro atoms. The summed E-state index contributed by atoms with van der Waals surface area (Å²) in [5, 5.41) is 2.39. The molecule has 8 aromatic carbocycles. The molecule has 4 nitrogen and oxygen atoms in total. The number of fused-ring (bicyclic) bond motifs is 12. The molecule has 272 valence electrons. The van der Waals surface area contributed by atoms with Gasteiger partial charge in [0.05, 0.1) is 39.2 Å². The van der Waals surface area contributed by atoms with Gasteiger partial charge in [-0.3, -0.25) is 4.57 Å². The normalized spacial score (nSPS) is 13.6. The van der Waals surface area contributed by atoms with Crippen LogP contribution in [0.3, 0.4) is 0 Å². The summed E-state index contributed by atoms with van der Waals surface area (Å²) in [5.74, 6) is 0.647. The van der Waals surface area contributed by atoms with E-state index >= 15 is 0 Å². The predicted molar refractivity (Wildman–Crippen MR) is 238 cm³/mol. The minimum Gasteiger partial charge on any atom is -0.310 e. The smallest absolute Gasteiger partial charge is 0.235 e. The second-order valence-electron chi connectivity index (χ2n) is 14.9. The molecular formula is C53H34N4S. The van der Waals surface area contributed by atoms with Gasteiger partial charge in [-0.15, -0.1) is 0 Å². The van der Waals surface area contributed by atoms with Crippen molar-refractivity contribution in [3.63, 3.8) is 0 Å². The zero-order chi connectivity index (χ0) is 38.2. The van der Waals surface area contributed by atoms with Gasteiger partial charge in [-0.05, 0) is 70.8 Å². The number of para-hydroxylation sites is 4. The van der Waals surface area contributed by atoms with Crippen molar-refractivity contribution in [2.75, 3.05) is 4.90 Å². The average molecular weight is 759 g/mol. The van der Waals surface area contributed by atoms with E-state index in [2.05, 4.69) is 204 Å². The van der Waals surface area contributed by atoms with Crippen LogP contribution in [0, 0.1) is 0 Å². The van der Waals surface area contributed by atoms with Gasteiger partial charge in [0.25, 0.3) is 0 Å². The Morgan fingerprint density at radius 3 is 1.62 bits per heavy atom. The van der Waals surface area contributed by atoms with E-state index in [9.17, 15) is 0 Å². The molecule has 0 N–H and O–H groups in total. The van der Waals surface area contributed by atoms with Crippen LogP contribution >= 0.6 is 11.8 Å². The van der Waals surface area contributed by atoms with Crippen LogP contribution in [0.2, 0.25) is 0 Å². The molecule has 12 rings (SSSR count). The van der Waals surface area contributed by atoms with Crippen LogP contribution < -0.4 is 4.90 Å². The Bertz CT molecular complexity index is 3110. The second-order valence-corrected chi connectivity index (χ2v) is 16.0. The van der Waals surface area contributed by atoms with Crippen LogP contribution in [-0.2, 0) is 5.41 Å². The fraction of sp³-hybridized carbons (Fsp3) is 0.0189. The van der Waals surface area contributed by atoms with Crippen LogP contribution in [-0.4, -0.2) is 14.5 Å². The Labute approximate surface area is 340 Å². The minimum atomic E-state index is -0.586. The maximum absolute atomic E-state index is 5.34. The summed E-state index contributed by atoms with van der Waals surface area (Å²) >= 11 is 1.88. The van der Waals surface area contributed by atoms with Gasteiger partial charge in [-0.2, -0.15) is 0 Å². The molecule has 2 aliphatic rings. The molecule has 0 saturated heterocycles. The molecule has 0 fully saturated rings. The molecule has 2 aromatic heterocycles. The van der Waals surface area contributed by atoms with E-state index in [1.54, 1.807) is 0 Å². The maximum atomic E-state index is 5.34. The number of rotatable bonds is 4. The number of anilines is 3. The van der Waals surface area contributed by atoms with E-state index in [0.717, 1.165) is 39.2 Å². The molecular weight excluding hydrogens is 725 g/mol. The molecule has 0 radical (unpaired) electrons. The van der Waals surface area contributed by atoms with Crippen molar-refractivity contribution in [3.8, 4) is 28.5 Å². The maximum Gasteiger partial charge on any atom is 0.235 e. The largest absolute Gasteiger partial charge is 0.310 e. The Morgan fingerprint density at radius 1 is 0.431 bits per heavy atom. The van der Waals surface area contributed by atoms with E-state index in [4.69, 9.17) is 9.97 Å². The number of hydrogen-bond donors (Lipinski definition) is 0. The third-order valence-electron chi connectivity index (χ3n) is 11.9. The first-order valence-electron chi connectivity index (χ1n) is 19.7. The quantitative estimate of drug-likeness (QED) is 0.179. The molecule has 0 unspecified atom stereocenters. The zero-order valence-electron chi connectivity index (χ0n) is 31.3. The van der Waals surface area contributed by atoms with Crippen LogP contribution in [0.4, 0.5) is 17.1 Å². The highest BCUT2D eigenvalue weighted by Crippen LogP contribution is 2.64. The molecule has 2 aliphatic heterocycles. The van der Waals surface area contributed by atoms with Crippen molar-refractivity contribution < 1.29 is 0 Å². The van der Waals surface area contributed by atoms with Crippen LogP contribution in [0.5, 0.6) is 0 Å². The Hall–Kier alpha value is -7.21. The second kappa shape index (κ2) is 12.9. The van der Waals surface area contributed by atoms with Crippen molar-refractivity contribution in [3.05, 3.63) is 229 Å². The summed E-state index contributed by atoms with van der Waals surface area (Å²) < 4.78 is 2.28. The lowest BCUT2D eigenvalue weighted by Gasteiger charge is -2.49. The summed E-state index contributed by atoms with van der Waals surface area (Å²) in [4.78, 5) is 15.6. The summed E-state index contributed by atoms with van der Waals surface area (Å²) in [6, 6.07) is 74.2. The van der Waals surface area contributed by atoms with Crippen LogP contribution in [0.1, 0.15) is 22.3 Å². The molecule has 4 heterocycles. The lowest BCUT2D eigenvalue weighted by atomic mass is 9.62. The van der Waals surface area contributed by atoms with Gasteiger partial charge in [-0.25, -0.2) is 9.97 Å². The Balaban J connectivity index is 1.18. The van der Waals surface area contributed by atoms with Crippen LogP contribution in [0.15, 0.2) is 216 Å². The minimum absolute atomic E-state index is 0.586. The first kappa shape index (κ1) is 33.0. The third-order valence-corrected chi connectivity index (χ3v) is 13.1. The first-order valence-corrected chi connectivity index (χ1v) is 20.5. The van der Waals surface area contributed by atoms with Crippen molar-refractivity contribution in [1.82, 2.24) is 14.5 Å². The van der Waals surface area contributed by atoms with Crippen molar-refractivity contribution in [1.29, 1.82) is 0 Å². The van der Waals surface area contributed by atoms with Crippen molar-refractivity contribution >= 4 is 50.6 Å². The van der Waals surface area contributed by atoms with E-state index in [1.807, 2.05) is 23.9 Å². The summed E-state index contributed by atoms with van der Waals surface area (Å²) in [7, 11) is 0. The highest BCUT2D eigenvalue weighted by atomic mass is 32.2. The number of nitrogens with zero attached hydrogens (tertiary/aromatic N) is 4. The topological polar surface area (TPSA) is 34.0 Å². The standard InChI is InChI=1S/C53H34N4S/c1-4-18-35(19-5-1)43-34-44(36-20-6-2-7-21-36)55-52(54-43)57-45-28-14-10-24-38(45)50-48(57)33-32-42-51(50)58-49-31-17-13-27-41(49)53(42)39-25-11-15-29-46(39)56(37-22-8-3-9-23-37)47-30-16-12-26-40(47)53/h1-34H. The number of aromatic nitrogens is 3. The molecule has 58 heavy (non-hydrogen) atoms. The average Bonchev–Trinajstić information content (AvgIpc) is 3.65. The monoisotopic (exact) mass is 758 g/mol. The third kappa shape index (κ3) is 4.71. The Morgan fingerprint density at radius 2 is 0.966 bits per heavy atom. The van der Waals surface area contributed by atoms with Crippen molar-refractivity contribution in [2.24, 2.45) is 0 Å². The predicted octanol–water partition coefficient (Wildman–Crippen LogP) is 13.5. The SMILES string of the molecule is c1ccc(-c2cc(-c3ccccc3)nc(-n3c4ccccc4c4c5c(ccc43)C3(c4ccccc4S5)c4ccccc4N(c4ccccc4)c4ccccc43)n2)cc1. The van der Waals surface area contributed by atoms with E-state index in [1.165, 1.54) is 54.2 Å². The first-order chi connectivity index (χ1) is 28.8. The fourth-order valence-corrected chi connectivity index (χ4v) is 10.8. The molecule has 5 heteroatoms. The number of hydrogen-bond acceptors (Lipinski definition) is 4. The molecule has 0 aliphatic carbocycles. The summed E-state index contributed by atoms with van der Waals surface area (Å²) in [6.07, 6.45) is 0. The molecule has 0 bridgehead atoms. The molecule has 0 atom stereocenters. The van der Waals surface area contributed by atoms with Gasteiger partial charge in [0.2, 0.25) is 5.95 Å². The summed E-state index contributed by atoms with van der Waals surface area (Å²) in [5.41, 5.74) is 14.0. The molecule has 0 saturated carbocycles. The fourth-order valence-electron chi connectivity index (χ4n) is 9.50. The van der Waals surface area contributed by atoms with Gasteiger partial charge in [-0.1, -0.05) is 169 Å². The molecule has 10 aromatic rings. The van der Waals surface area contributed by atoms with Gasteiger partial charge in [0, 0.05) is 37.4 Å². The van der Waals surface area contributed by atoms with Crippen LogP contribution in [0.25, 0.3) is 50.3 Å². The molecule has 0 amide bonds. The van der Waals surface area contributed by atoms with Gasteiger partial charge in [0.15, 0.2) is 0 Å².